The van der Waals surface area contributed by atoms with Crippen molar-refractivity contribution in [2.24, 2.45) is 0 Å². The Bertz CT molecular complexity index is 925. The number of para-hydroxylation sites is 1. The van der Waals surface area contributed by atoms with Crippen LogP contribution < -0.4 is 5.32 Å². The standard InChI is InChI=1S/C21H23N3O/c1-5-17-10-6-7-12-20(17)24-16(4)18(13-22-24)21(25)23-19-11-8-9-14(2)15(19)3/h6-13H,5H2,1-4H3,(H,23,25). The molecule has 0 spiro atoms. The molecule has 2 aromatic carbocycles. The lowest BCUT2D eigenvalue weighted by atomic mass is 10.1. The molecular weight excluding hydrogens is 310 g/mol. The average molecular weight is 333 g/mol. The molecular formula is C21H23N3O. The highest BCUT2D eigenvalue weighted by atomic mass is 16.1. The Hall–Kier alpha value is -2.88. The highest BCUT2D eigenvalue weighted by Gasteiger charge is 2.17. The van der Waals surface area contributed by atoms with Crippen molar-refractivity contribution in [1.29, 1.82) is 0 Å². The molecule has 25 heavy (non-hydrogen) atoms. The van der Waals surface area contributed by atoms with E-state index in [1.807, 2.05) is 61.9 Å². The molecule has 1 heterocycles. The first-order valence-electron chi connectivity index (χ1n) is 8.53. The molecule has 128 valence electrons. The van der Waals surface area contributed by atoms with Gasteiger partial charge in [-0.05, 0) is 56.0 Å². The van der Waals surface area contributed by atoms with E-state index in [2.05, 4.69) is 23.4 Å². The minimum Gasteiger partial charge on any atom is -0.322 e. The predicted octanol–water partition coefficient (Wildman–Crippen LogP) is 4.61. The Balaban J connectivity index is 1.93. The number of aromatic nitrogens is 2. The largest absolute Gasteiger partial charge is 0.322 e. The number of amides is 1. The quantitative estimate of drug-likeness (QED) is 0.758. The van der Waals surface area contributed by atoms with Crippen LogP contribution in [0.3, 0.4) is 0 Å². The molecule has 0 saturated carbocycles. The van der Waals surface area contributed by atoms with E-state index in [9.17, 15) is 4.79 Å². The number of carbonyl (C=O) groups is 1. The SMILES string of the molecule is CCc1ccccc1-n1ncc(C(=O)Nc2cccc(C)c2C)c1C. The number of hydrogen-bond acceptors (Lipinski definition) is 2. The fraction of sp³-hybridized carbons (Fsp3) is 0.238. The van der Waals surface area contributed by atoms with Gasteiger partial charge in [0.25, 0.3) is 5.91 Å². The maximum Gasteiger partial charge on any atom is 0.259 e. The summed E-state index contributed by atoms with van der Waals surface area (Å²) >= 11 is 0. The molecule has 4 heteroatoms. The molecule has 0 radical (unpaired) electrons. The van der Waals surface area contributed by atoms with Gasteiger partial charge in [-0.15, -0.1) is 0 Å². The highest BCUT2D eigenvalue weighted by molar-refractivity contribution is 6.05. The van der Waals surface area contributed by atoms with Crippen molar-refractivity contribution in [3.05, 3.63) is 76.6 Å². The molecule has 1 aromatic heterocycles. The van der Waals surface area contributed by atoms with Crippen LogP contribution in [0.5, 0.6) is 0 Å². The van der Waals surface area contributed by atoms with Gasteiger partial charge in [-0.3, -0.25) is 4.79 Å². The number of anilines is 1. The van der Waals surface area contributed by atoms with E-state index in [4.69, 9.17) is 0 Å². The summed E-state index contributed by atoms with van der Waals surface area (Å²) in [7, 11) is 0. The van der Waals surface area contributed by atoms with Crippen LogP contribution in [0.1, 0.15) is 39.7 Å². The summed E-state index contributed by atoms with van der Waals surface area (Å²) in [4.78, 5) is 12.7. The summed E-state index contributed by atoms with van der Waals surface area (Å²) in [5.41, 5.74) is 6.73. The highest BCUT2D eigenvalue weighted by Crippen LogP contribution is 2.22. The van der Waals surface area contributed by atoms with Gasteiger partial charge in [-0.1, -0.05) is 37.3 Å². The van der Waals surface area contributed by atoms with Gasteiger partial charge in [-0.25, -0.2) is 4.68 Å². The first-order valence-corrected chi connectivity index (χ1v) is 8.53. The van der Waals surface area contributed by atoms with Gasteiger partial charge in [0.15, 0.2) is 0 Å². The average Bonchev–Trinajstić information content (AvgIpc) is 3.00. The zero-order valence-corrected chi connectivity index (χ0v) is 15.1. The van der Waals surface area contributed by atoms with Crippen LogP contribution >= 0.6 is 0 Å². The lowest BCUT2D eigenvalue weighted by molar-refractivity contribution is 0.102. The number of aryl methyl sites for hydroxylation is 2. The van der Waals surface area contributed by atoms with Crippen LogP contribution in [0.15, 0.2) is 48.7 Å². The van der Waals surface area contributed by atoms with E-state index < -0.39 is 0 Å². The fourth-order valence-electron chi connectivity index (χ4n) is 2.97. The van der Waals surface area contributed by atoms with Crippen LogP contribution in [-0.2, 0) is 6.42 Å². The van der Waals surface area contributed by atoms with Gasteiger partial charge in [0.2, 0.25) is 0 Å². The number of rotatable bonds is 4. The van der Waals surface area contributed by atoms with E-state index in [-0.39, 0.29) is 5.91 Å². The van der Waals surface area contributed by atoms with Gasteiger partial charge < -0.3 is 5.32 Å². The zero-order valence-electron chi connectivity index (χ0n) is 15.1. The zero-order chi connectivity index (χ0) is 18.0. The van der Waals surface area contributed by atoms with Crippen molar-refractivity contribution in [2.45, 2.75) is 34.1 Å². The monoisotopic (exact) mass is 333 g/mol. The Labute approximate surface area is 148 Å². The van der Waals surface area contributed by atoms with Gasteiger partial charge >= 0.3 is 0 Å². The number of carbonyl (C=O) groups excluding carboxylic acids is 1. The van der Waals surface area contributed by atoms with Crippen molar-refractivity contribution >= 4 is 11.6 Å². The molecule has 3 aromatic rings. The first-order chi connectivity index (χ1) is 12.0. The lowest BCUT2D eigenvalue weighted by Crippen LogP contribution is -2.14. The number of nitrogens with one attached hydrogen (secondary N) is 1. The van der Waals surface area contributed by atoms with Crippen LogP contribution in [0.2, 0.25) is 0 Å². The molecule has 4 nitrogen and oxygen atoms in total. The van der Waals surface area contributed by atoms with Gasteiger partial charge in [0.05, 0.1) is 23.1 Å². The van der Waals surface area contributed by atoms with Crippen LogP contribution in [-0.4, -0.2) is 15.7 Å². The molecule has 0 fully saturated rings. The molecule has 1 N–H and O–H groups in total. The normalized spacial score (nSPS) is 10.7. The third-order valence-corrected chi connectivity index (χ3v) is 4.71. The fourth-order valence-corrected chi connectivity index (χ4v) is 2.97. The third-order valence-electron chi connectivity index (χ3n) is 4.71. The second kappa shape index (κ2) is 6.93. The predicted molar refractivity (Wildman–Crippen MR) is 102 cm³/mol. The Morgan fingerprint density at radius 3 is 2.60 bits per heavy atom. The van der Waals surface area contributed by atoms with E-state index in [0.29, 0.717) is 5.56 Å². The topological polar surface area (TPSA) is 46.9 Å². The smallest absolute Gasteiger partial charge is 0.259 e. The molecule has 0 aliphatic carbocycles. The molecule has 0 unspecified atom stereocenters. The summed E-state index contributed by atoms with van der Waals surface area (Å²) in [5, 5.41) is 7.46. The number of hydrogen-bond donors (Lipinski definition) is 1. The Morgan fingerprint density at radius 2 is 1.84 bits per heavy atom. The van der Waals surface area contributed by atoms with Crippen LogP contribution in [0, 0.1) is 20.8 Å². The molecule has 0 atom stereocenters. The maximum atomic E-state index is 12.7. The minimum absolute atomic E-state index is 0.133. The summed E-state index contributed by atoms with van der Waals surface area (Å²) in [6.45, 7) is 8.10. The van der Waals surface area contributed by atoms with E-state index in [1.165, 1.54) is 5.56 Å². The number of nitrogens with zero attached hydrogens (tertiary/aromatic N) is 2. The first kappa shape index (κ1) is 17.0. The third kappa shape index (κ3) is 3.20. The van der Waals surface area contributed by atoms with Crippen molar-refractivity contribution in [1.82, 2.24) is 9.78 Å². The second-order valence-corrected chi connectivity index (χ2v) is 6.24. The second-order valence-electron chi connectivity index (χ2n) is 6.24. The van der Waals surface area contributed by atoms with Crippen molar-refractivity contribution in [3.63, 3.8) is 0 Å². The van der Waals surface area contributed by atoms with Gasteiger partial charge in [-0.2, -0.15) is 5.10 Å². The van der Waals surface area contributed by atoms with Gasteiger partial charge in [0, 0.05) is 5.69 Å². The van der Waals surface area contributed by atoms with Crippen molar-refractivity contribution in [3.8, 4) is 5.69 Å². The summed E-state index contributed by atoms with van der Waals surface area (Å²) < 4.78 is 1.84. The molecule has 0 aliphatic heterocycles. The van der Waals surface area contributed by atoms with Crippen LogP contribution in [0.4, 0.5) is 5.69 Å². The van der Waals surface area contributed by atoms with E-state index >= 15 is 0 Å². The summed E-state index contributed by atoms with van der Waals surface area (Å²) in [5.74, 6) is -0.133. The lowest BCUT2D eigenvalue weighted by Gasteiger charge is -2.11. The van der Waals surface area contributed by atoms with Crippen LogP contribution in [0.25, 0.3) is 5.69 Å². The Morgan fingerprint density at radius 1 is 1.08 bits per heavy atom. The molecule has 0 saturated heterocycles. The molecule has 0 bridgehead atoms. The molecule has 3 rings (SSSR count). The van der Waals surface area contributed by atoms with Crippen molar-refractivity contribution in [2.75, 3.05) is 5.32 Å². The number of benzene rings is 2. The van der Waals surface area contributed by atoms with Crippen molar-refractivity contribution < 1.29 is 4.79 Å². The molecule has 0 aliphatic rings. The minimum atomic E-state index is -0.133. The van der Waals surface area contributed by atoms with Gasteiger partial charge in [0.1, 0.15) is 0 Å². The maximum absolute atomic E-state index is 12.7. The molecule has 1 amide bonds. The summed E-state index contributed by atoms with van der Waals surface area (Å²) in [6, 6.07) is 14.0. The Kier molecular flexibility index (Phi) is 4.70. The summed E-state index contributed by atoms with van der Waals surface area (Å²) in [6.07, 6.45) is 2.56. The van der Waals surface area contributed by atoms with E-state index in [0.717, 1.165) is 34.6 Å². The van der Waals surface area contributed by atoms with E-state index in [1.54, 1.807) is 6.20 Å².